The third-order valence-corrected chi connectivity index (χ3v) is 3.39. The summed E-state index contributed by atoms with van der Waals surface area (Å²) in [4.78, 5) is 16.1. The van der Waals surface area contributed by atoms with Crippen LogP contribution in [0.5, 0.6) is 0 Å². The van der Waals surface area contributed by atoms with Gasteiger partial charge in [-0.25, -0.2) is 0 Å². The van der Waals surface area contributed by atoms with Crippen LogP contribution in [0.25, 0.3) is 0 Å². The minimum absolute atomic E-state index is 0.0800. The molecule has 0 bridgehead atoms. The predicted octanol–water partition coefficient (Wildman–Crippen LogP) is 1.44. The average Bonchev–Trinajstić information content (AvgIpc) is 2.76. The molecule has 88 valence electrons. The summed E-state index contributed by atoms with van der Waals surface area (Å²) < 4.78 is 5.09. The lowest BCUT2D eigenvalue weighted by molar-refractivity contribution is -0.125. The summed E-state index contributed by atoms with van der Waals surface area (Å²) in [6.45, 7) is 3.71. The second kappa shape index (κ2) is 3.90. The molecule has 0 aromatic carbocycles. The van der Waals surface area contributed by atoms with Gasteiger partial charge in [0.1, 0.15) is 6.26 Å². The van der Waals surface area contributed by atoms with E-state index in [1.165, 1.54) is 6.26 Å². The Morgan fingerprint density at radius 1 is 1.75 bits per heavy atom. The van der Waals surface area contributed by atoms with Crippen molar-refractivity contribution >= 4 is 11.9 Å². The van der Waals surface area contributed by atoms with E-state index in [1.807, 2.05) is 13.8 Å². The Morgan fingerprint density at radius 2 is 2.50 bits per heavy atom. The molecule has 5 nitrogen and oxygen atoms in total. The Hall–Kier alpha value is -1.36. The molecule has 0 radical (unpaired) electrons. The fourth-order valence-corrected chi connectivity index (χ4v) is 2.13. The number of nitrogens with one attached hydrogen (secondary N) is 1. The molecule has 1 saturated carbocycles. The van der Waals surface area contributed by atoms with Gasteiger partial charge in [-0.05, 0) is 26.7 Å². The molecular weight excluding hydrogens is 206 g/mol. The molecule has 1 amide bonds. The highest BCUT2D eigenvalue weighted by Crippen LogP contribution is 2.37. The summed E-state index contributed by atoms with van der Waals surface area (Å²) >= 11 is 0. The molecule has 0 saturated heterocycles. The standard InChI is InChI=1S/C11H17N3O2/c1-7-6-16-10(13-7)14-9(15)11(2)5-3-4-8(11)12/h6,8H,3-5,12H2,1-2H3,(H,13,14,15). The van der Waals surface area contributed by atoms with Crippen LogP contribution >= 0.6 is 0 Å². The molecule has 1 aliphatic carbocycles. The lowest BCUT2D eigenvalue weighted by Gasteiger charge is -2.26. The Labute approximate surface area is 94.4 Å². The van der Waals surface area contributed by atoms with Crippen molar-refractivity contribution < 1.29 is 9.21 Å². The van der Waals surface area contributed by atoms with Crippen LogP contribution in [0, 0.1) is 12.3 Å². The van der Waals surface area contributed by atoms with Gasteiger partial charge in [-0.3, -0.25) is 10.1 Å². The Bertz CT molecular complexity index is 402. The number of nitrogens with zero attached hydrogens (tertiary/aromatic N) is 1. The van der Waals surface area contributed by atoms with Crippen LogP contribution < -0.4 is 11.1 Å². The Morgan fingerprint density at radius 3 is 3.00 bits per heavy atom. The van der Waals surface area contributed by atoms with E-state index in [9.17, 15) is 4.79 Å². The molecule has 16 heavy (non-hydrogen) atoms. The van der Waals surface area contributed by atoms with Gasteiger partial charge in [0.15, 0.2) is 0 Å². The fraction of sp³-hybridized carbons (Fsp3) is 0.636. The molecule has 1 aromatic heterocycles. The number of hydrogen-bond acceptors (Lipinski definition) is 4. The van der Waals surface area contributed by atoms with Gasteiger partial charge in [-0.15, -0.1) is 0 Å². The number of carbonyl (C=O) groups excluding carboxylic acids is 1. The number of oxazole rings is 1. The van der Waals surface area contributed by atoms with Crippen LogP contribution in [0.2, 0.25) is 0 Å². The number of carbonyl (C=O) groups is 1. The van der Waals surface area contributed by atoms with Gasteiger partial charge < -0.3 is 10.2 Å². The first-order valence-corrected chi connectivity index (χ1v) is 5.51. The van der Waals surface area contributed by atoms with Crippen molar-refractivity contribution in [2.45, 2.75) is 39.2 Å². The van der Waals surface area contributed by atoms with Crippen molar-refractivity contribution in [3.05, 3.63) is 12.0 Å². The quantitative estimate of drug-likeness (QED) is 0.794. The number of nitrogens with two attached hydrogens (primary N) is 1. The molecule has 5 heteroatoms. The number of amides is 1. The van der Waals surface area contributed by atoms with Crippen LogP contribution in [0.1, 0.15) is 31.9 Å². The highest BCUT2D eigenvalue weighted by Gasteiger charge is 2.43. The molecule has 1 heterocycles. The van der Waals surface area contributed by atoms with E-state index in [0.717, 1.165) is 25.0 Å². The fourth-order valence-electron chi connectivity index (χ4n) is 2.13. The molecule has 0 aliphatic heterocycles. The minimum atomic E-state index is -0.498. The second-order valence-corrected chi connectivity index (χ2v) is 4.66. The third-order valence-electron chi connectivity index (χ3n) is 3.39. The van der Waals surface area contributed by atoms with Crippen molar-refractivity contribution in [3.8, 4) is 0 Å². The monoisotopic (exact) mass is 223 g/mol. The lowest BCUT2D eigenvalue weighted by Crippen LogP contribution is -2.44. The van der Waals surface area contributed by atoms with Gasteiger partial charge in [0.05, 0.1) is 11.1 Å². The lowest BCUT2D eigenvalue weighted by atomic mass is 9.84. The summed E-state index contributed by atoms with van der Waals surface area (Å²) in [7, 11) is 0. The molecular formula is C11H17N3O2. The normalized spacial score (nSPS) is 29.3. The van der Waals surface area contributed by atoms with E-state index in [4.69, 9.17) is 10.2 Å². The van der Waals surface area contributed by atoms with Gasteiger partial charge in [0, 0.05) is 6.04 Å². The summed E-state index contributed by atoms with van der Waals surface area (Å²) in [5.41, 5.74) is 6.21. The maximum Gasteiger partial charge on any atom is 0.301 e. The first-order valence-electron chi connectivity index (χ1n) is 5.51. The first kappa shape index (κ1) is 11.1. The molecule has 1 aliphatic rings. The molecule has 2 rings (SSSR count). The highest BCUT2D eigenvalue weighted by molar-refractivity contribution is 5.94. The van der Waals surface area contributed by atoms with Crippen molar-refractivity contribution in [1.82, 2.24) is 4.98 Å². The van der Waals surface area contributed by atoms with E-state index >= 15 is 0 Å². The van der Waals surface area contributed by atoms with E-state index in [0.29, 0.717) is 0 Å². The number of rotatable bonds is 2. The van der Waals surface area contributed by atoms with Crippen molar-refractivity contribution in [2.75, 3.05) is 5.32 Å². The highest BCUT2D eigenvalue weighted by atomic mass is 16.4. The van der Waals surface area contributed by atoms with Gasteiger partial charge in [0.2, 0.25) is 5.91 Å². The number of anilines is 1. The minimum Gasteiger partial charge on any atom is -0.432 e. The number of hydrogen-bond donors (Lipinski definition) is 2. The number of aromatic nitrogens is 1. The zero-order chi connectivity index (χ0) is 11.8. The summed E-state index contributed by atoms with van der Waals surface area (Å²) in [6.07, 6.45) is 4.22. The number of aryl methyl sites for hydroxylation is 1. The third kappa shape index (κ3) is 1.82. The molecule has 1 fully saturated rings. The van der Waals surface area contributed by atoms with Crippen molar-refractivity contribution in [3.63, 3.8) is 0 Å². The van der Waals surface area contributed by atoms with E-state index < -0.39 is 5.41 Å². The maximum absolute atomic E-state index is 12.1. The molecule has 1 aromatic rings. The van der Waals surface area contributed by atoms with Crippen molar-refractivity contribution in [1.29, 1.82) is 0 Å². The SMILES string of the molecule is Cc1coc(NC(=O)C2(C)CCCC2N)n1. The zero-order valence-electron chi connectivity index (χ0n) is 9.62. The first-order chi connectivity index (χ1) is 7.52. The van der Waals surface area contributed by atoms with Crippen LogP contribution in [0.15, 0.2) is 10.7 Å². The van der Waals surface area contributed by atoms with Gasteiger partial charge in [-0.2, -0.15) is 4.98 Å². The topological polar surface area (TPSA) is 81.2 Å². The second-order valence-electron chi connectivity index (χ2n) is 4.66. The van der Waals surface area contributed by atoms with Crippen LogP contribution in [0.3, 0.4) is 0 Å². The van der Waals surface area contributed by atoms with E-state index in [2.05, 4.69) is 10.3 Å². The zero-order valence-corrected chi connectivity index (χ0v) is 9.62. The predicted molar refractivity (Wildman–Crippen MR) is 59.8 cm³/mol. The average molecular weight is 223 g/mol. The Balaban J connectivity index is 2.08. The van der Waals surface area contributed by atoms with Crippen LogP contribution in [0.4, 0.5) is 6.01 Å². The summed E-state index contributed by atoms with van der Waals surface area (Å²) in [5.74, 6) is -0.0978. The van der Waals surface area contributed by atoms with E-state index in [-0.39, 0.29) is 18.0 Å². The smallest absolute Gasteiger partial charge is 0.301 e. The van der Waals surface area contributed by atoms with E-state index in [1.54, 1.807) is 0 Å². The molecule has 2 unspecified atom stereocenters. The molecule has 3 N–H and O–H groups in total. The molecule has 0 spiro atoms. The maximum atomic E-state index is 12.1. The largest absolute Gasteiger partial charge is 0.432 e. The van der Waals surface area contributed by atoms with Gasteiger partial charge in [-0.1, -0.05) is 6.42 Å². The summed E-state index contributed by atoms with van der Waals surface area (Å²) in [6, 6.07) is 0.173. The summed E-state index contributed by atoms with van der Waals surface area (Å²) in [5, 5.41) is 2.68. The molecule has 2 atom stereocenters. The van der Waals surface area contributed by atoms with Gasteiger partial charge >= 0.3 is 6.01 Å². The Kier molecular flexibility index (Phi) is 2.71. The van der Waals surface area contributed by atoms with Crippen molar-refractivity contribution in [2.24, 2.45) is 11.1 Å². The van der Waals surface area contributed by atoms with Crippen LogP contribution in [-0.2, 0) is 4.79 Å². The van der Waals surface area contributed by atoms with Crippen LogP contribution in [-0.4, -0.2) is 16.9 Å². The van der Waals surface area contributed by atoms with Gasteiger partial charge in [0.25, 0.3) is 0 Å².